The zero-order valence-corrected chi connectivity index (χ0v) is 33.1. The highest BCUT2D eigenvalue weighted by molar-refractivity contribution is 5.92. The van der Waals surface area contributed by atoms with E-state index < -0.39 is 60.0 Å². The van der Waals surface area contributed by atoms with Crippen molar-refractivity contribution < 1.29 is 39.0 Å². The first-order valence-electron chi connectivity index (χ1n) is 19.9. The molecule has 6 unspecified atom stereocenters. The third kappa shape index (κ3) is 24.8. The maximum atomic E-state index is 12.6. The van der Waals surface area contributed by atoms with Gasteiger partial charge >= 0.3 is 11.9 Å². The summed E-state index contributed by atoms with van der Waals surface area (Å²) in [5.74, 6) is -3.70. The van der Waals surface area contributed by atoms with E-state index in [9.17, 15) is 39.0 Å². The molecule has 0 radical (unpaired) electrons. The molecule has 0 aliphatic rings. The van der Waals surface area contributed by atoms with E-state index in [2.05, 4.69) is 35.1 Å². The largest absolute Gasteiger partial charge is 0.480 e. The fourth-order valence-corrected chi connectivity index (χ4v) is 5.43. The summed E-state index contributed by atoms with van der Waals surface area (Å²) in [6, 6.07) is -4.65. The van der Waals surface area contributed by atoms with Crippen molar-refractivity contribution in [2.45, 2.75) is 206 Å². The molecule has 0 spiro atoms. The van der Waals surface area contributed by atoms with Crippen molar-refractivity contribution in [3.63, 3.8) is 0 Å². The van der Waals surface area contributed by atoms with E-state index >= 15 is 0 Å². The number of carboxylic acids is 2. The number of carbonyl (C=O) groups excluding carboxylic acids is 4. The van der Waals surface area contributed by atoms with Crippen molar-refractivity contribution >= 4 is 35.6 Å². The van der Waals surface area contributed by atoms with Gasteiger partial charge in [-0.25, -0.2) is 9.59 Å². The summed E-state index contributed by atoms with van der Waals surface area (Å²) in [6.45, 7) is 12.1. The second-order valence-electron chi connectivity index (χ2n) is 13.7. The van der Waals surface area contributed by atoms with Crippen LogP contribution < -0.4 is 32.7 Å². The Morgan fingerprint density at radius 1 is 0.385 bits per heavy atom. The SMILES string of the molecule is CCCCCC(NC(=O)C(CCCCC)NC(=O)C(N)CCC)C(=O)O.CCCCCC(NC(=O)C(CCCCC)NC(=O)C(N)CCC)C(=O)O. The normalized spacial score (nSPS) is 14.3. The van der Waals surface area contributed by atoms with Gasteiger partial charge in [0.15, 0.2) is 0 Å². The van der Waals surface area contributed by atoms with Crippen LogP contribution >= 0.6 is 0 Å². The predicted octanol–water partition coefficient (Wildman–Crippen LogP) is 4.66. The summed E-state index contributed by atoms with van der Waals surface area (Å²) >= 11 is 0. The highest BCUT2D eigenvalue weighted by Gasteiger charge is 2.28. The number of unbranched alkanes of at least 4 members (excludes halogenated alkanes) is 8. The minimum atomic E-state index is -1.05. The van der Waals surface area contributed by atoms with Gasteiger partial charge in [0.05, 0.1) is 12.1 Å². The highest BCUT2D eigenvalue weighted by atomic mass is 16.4. The fourth-order valence-electron chi connectivity index (χ4n) is 5.43. The smallest absolute Gasteiger partial charge is 0.326 e. The molecule has 0 aromatic heterocycles. The Kier molecular flexibility index (Phi) is 31.7. The minimum Gasteiger partial charge on any atom is -0.480 e. The van der Waals surface area contributed by atoms with Crippen molar-refractivity contribution in [1.29, 1.82) is 0 Å². The maximum absolute atomic E-state index is 12.6. The molecule has 0 aromatic carbocycles. The molecule has 0 fully saturated rings. The van der Waals surface area contributed by atoms with E-state index in [1.165, 1.54) is 0 Å². The Balaban J connectivity index is 0. The van der Waals surface area contributed by atoms with Crippen LogP contribution in [0.15, 0.2) is 0 Å². The fraction of sp³-hybridized carbons (Fsp3) is 0.842. The molecule has 0 aliphatic carbocycles. The third-order valence-corrected chi connectivity index (χ3v) is 8.75. The van der Waals surface area contributed by atoms with Crippen LogP contribution in [0.5, 0.6) is 0 Å². The van der Waals surface area contributed by atoms with Crippen LogP contribution in [0, 0.1) is 0 Å². The average molecular weight is 743 g/mol. The van der Waals surface area contributed by atoms with E-state index in [1.54, 1.807) is 0 Å². The second-order valence-corrected chi connectivity index (χ2v) is 13.7. The first kappa shape index (κ1) is 50.8. The zero-order chi connectivity index (χ0) is 39.9. The van der Waals surface area contributed by atoms with Crippen LogP contribution in [0.25, 0.3) is 0 Å². The molecule has 0 heterocycles. The lowest BCUT2D eigenvalue weighted by Crippen LogP contribution is -2.54. The van der Waals surface area contributed by atoms with Gasteiger partial charge in [-0.05, 0) is 38.5 Å². The Bertz CT molecular complexity index is 936. The Morgan fingerprint density at radius 2 is 0.635 bits per heavy atom. The summed E-state index contributed by atoms with van der Waals surface area (Å²) in [5, 5.41) is 29.2. The van der Waals surface area contributed by atoms with Gasteiger partial charge in [-0.15, -0.1) is 0 Å². The molecular weight excluding hydrogens is 668 g/mol. The Hall–Kier alpha value is -3.26. The van der Waals surface area contributed by atoms with Gasteiger partial charge in [-0.3, -0.25) is 19.2 Å². The average Bonchev–Trinajstić information content (AvgIpc) is 3.10. The molecule has 0 rings (SSSR count). The molecule has 14 heteroatoms. The number of aliphatic carboxylic acids is 2. The van der Waals surface area contributed by atoms with Crippen molar-refractivity contribution in [2.75, 3.05) is 0 Å². The van der Waals surface area contributed by atoms with Gasteiger partial charge in [0.25, 0.3) is 0 Å². The van der Waals surface area contributed by atoms with Crippen LogP contribution in [-0.4, -0.2) is 82.0 Å². The van der Waals surface area contributed by atoms with Crippen molar-refractivity contribution in [2.24, 2.45) is 11.5 Å². The first-order chi connectivity index (χ1) is 24.7. The number of nitrogens with one attached hydrogen (secondary N) is 4. The molecule has 304 valence electrons. The molecule has 0 saturated carbocycles. The van der Waals surface area contributed by atoms with Crippen molar-refractivity contribution in [3.05, 3.63) is 0 Å². The lowest BCUT2D eigenvalue weighted by molar-refractivity contribution is -0.143. The summed E-state index contributed by atoms with van der Waals surface area (Å²) in [4.78, 5) is 72.3. The maximum Gasteiger partial charge on any atom is 0.326 e. The number of carboxylic acid groups (broad SMARTS) is 2. The Morgan fingerprint density at radius 3 is 0.865 bits per heavy atom. The standard InChI is InChI=1S/2C19H37N3O4/c2*1-4-7-9-12-15(21-17(23)14(20)11-6-3)18(24)22-16(19(25)26)13-10-8-5-2/h2*14-16H,4-13,20H2,1-3H3,(H,21,23)(H,22,24)(H,25,26). The molecule has 0 aliphatic heterocycles. The van der Waals surface area contributed by atoms with Gasteiger partial charge < -0.3 is 42.9 Å². The van der Waals surface area contributed by atoms with Crippen LogP contribution in [0.4, 0.5) is 0 Å². The molecule has 0 saturated heterocycles. The summed E-state index contributed by atoms with van der Waals surface area (Å²) < 4.78 is 0. The lowest BCUT2D eigenvalue weighted by atomic mass is 10.0. The van der Waals surface area contributed by atoms with Crippen LogP contribution in [-0.2, 0) is 28.8 Å². The minimum absolute atomic E-state index is 0.360. The highest BCUT2D eigenvalue weighted by Crippen LogP contribution is 2.10. The van der Waals surface area contributed by atoms with E-state index in [0.29, 0.717) is 38.5 Å². The van der Waals surface area contributed by atoms with Crippen LogP contribution in [0.1, 0.15) is 170 Å². The third-order valence-electron chi connectivity index (χ3n) is 8.75. The lowest BCUT2D eigenvalue weighted by Gasteiger charge is -2.23. The molecule has 6 atom stereocenters. The monoisotopic (exact) mass is 743 g/mol. The topological polar surface area (TPSA) is 243 Å². The molecule has 14 nitrogen and oxygen atoms in total. The second kappa shape index (κ2) is 32.4. The molecule has 0 bridgehead atoms. The molecule has 10 N–H and O–H groups in total. The first-order valence-corrected chi connectivity index (χ1v) is 19.9. The van der Waals surface area contributed by atoms with E-state index in [0.717, 1.165) is 89.9 Å². The number of amides is 4. The quantitative estimate of drug-likeness (QED) is 0.0473. The number of hydrogen-bond donors (Lipinski definition) is 8. The van der Waals surface area contributed by atoms with Gasteiger partial charge in [0.1, 0.15) is 24.2 Å². The molecule has 52 heavy (non-hydrogen) atoms. The van der Waals surface area contributed by atoms with Gasteiger partial charge in [0, 0.05) is 0 Å². The molecule has 0 aromatic rings. The zero-order valence-electron chi connectivity index (χ0n) is 33.1. The molecule has 4 amide bonds. The number of hydrogen-bond acceptors (Lipinski definition) is 8. The van der Waals surface area contributed by atoms with Crippen molar-refractivity contribution in [1.82, 2.24) is 21.3 Å². The van der Waals surface area contributed by atoms with Gasteiger partial charge in [-0.2, -0.15) is 0 Å². The van der Waals surface area contributed by atoms with E-state index in [-0.39, 0.29) is 11.8 Å². The Labute approximate surface area is 313 Å². The van der Waals surface area contributed by atoms with Crippen LogP contribution in [0.3, 0.4) is 0 Å². The van der Waals surface area contributed by atoms with Crippen molar-refractivity contribution in [3.8, 4) is 0 Å². The van der Waals surface area contributed by atoms with E-state index in [4.69, 9.17) is 11.5 Å². The van der Waals surface area contributed by atoms with Gasteiger partial charge in [-0.1, -0.05) is 131 Å². The van der Waals surface area contributed by atoms with E-state index in [1.807, 2.05) is 27.7 Å². The number of nitrogens with two attached hydrogens (primary N) is 2. The van der Waals surface area contributed by atoms with Crippen LogP contribution in [0.2, 0.25) is 0 Å². The predicted molar refractivity (Wildman–Crippen MR) is 205 cm³/mol. The number of carbonyl (C=O) groups is 6. The van der Waals surface area contributed by atoms with Gasteiger partial charge in [0.2, 0.25) is 23.6 Å². The summed E-state index contributed by atoms with van der Waals surface area (Å²) in [7, 11) is 0. The summed E-state index contributed by atoms with van der Waals surface area (Å²) in [6.07, 6.45) is 15.1. The summed E-state index contributed by atoms with van der Waals surface area (Å²) in [5.41, 5.74) is 11.6. The number of rotatable bonds is 30. The molecular formula is C38H74N6O8.